The summed E-state index contributed by atoms with van der Waals surface area (Å²) in [6.45, 7) is 7.39. The molecule has 4 aliphatic carbocycles. The van der Waals surface area contributed by atoms with E-state index in [1.165, 1.54) is 19.2 Å². The number of hydrogen-bond acceptors (Lipinski definition) is 7. The molecule has 4 fully saturated rings. The van der Waals surface area contributed by atoms with Gasteiger partial charge in [-0.1, -0.05) is 26.3 Å². The highest BCUT2D eigenvalue weighted by molar-refractivity contribution is 8.26. The molecular formula is C31H37F2NO6S. The number of ketones is 1. The van der Waals surface area contributed by atoms with E-state index in [0.717, 1.165) is 0 Å². The van der Waals surface area contributed by atoms with Crippen LogP contribution in [0.4, 0.5) is 13.6 Å². The Balaban J connectivity index is 1.50. The Morgan fingerprint density at radius 2 is 1.95 bits per heavy atom. The third-order valence-electron chi connectivity index (χ3n) is 11.1. The number of rotatable bonds is 4. The normalized spacial score (nSPS) is 44.5. The zero-order valence-electron chi connectivity index (χ0n) is 24.0. The summed E-state index contributed by atoms with van der Waals surface area (Å²) in [5, 5.41) is 1.49. The molecule has 10 atom stereocenters. The Labute approximate surface area is 242 Å². The molecule has 0 radical (unpaired) electrons. The number of thioether (sulfide) groups is 1. The third-order valence-corrected chi connectivity index (χ3v) is 11.9. The van der Waals surface area contributed by atoms with Crippen molar-refractivity contribution in [3.05, 3.63) is 47.5 Å². The fraction of sp³-hybridized carbons (Fsp3) is 0.645. The molecule has 0 spiro atoms. The Kier molecular flexibility index (Phi) is 6.75. The molecule has 5 aliphatic rings. The minimum Gasteiger partial charge on any atom is -0.461 e. The molecule has 0 aromatic carbocycles. The predicted octanol–water partition coefficient (Wildman–Crippen LogP) is 6.32. The van der Waals surface area contributed by atoms with E-state index in [2.05, 4.69) is 5.32 Å². The molecule has 10 heteroatoms. The molecule has 1 aromatic heterocycles. The Morgan fingerprint density at radius 1 is 1.20 bits per heavy atom. The van der Waals surface area contributed by atoms with Crippen molar-refractivity contribution < 1.29 is 37.1 Å². The summed E-state index contributed by atoms with van der Waals surface area (Å²) in [6.07, 6.45) is 2.32. The lowest BCUT2D eigenvalue weighted by molar-refractivity contribution is -0.224. The molecule has 1 aromatic rings. The molecule has 1 saturated heterocycles. The first-order valence-electron chi connectivity index (χ1n) is 14.5. The Bertz CT molecular complexity index is 1360. The maximum absolute atomic E-state index is 18.1. The zero-order chi connectivity index (χ0) is 29.5. The lowest BCUT2D eigenvalue weighted by Gasteiger charge is -2.65. The lowest BCUT2D eigenvalue weighted by Crippen LogP contribution is -2.69. The van der Waals surface area contributed by atoms with Crippen LogP contribution in [0.2, 0.25) is 0 Å². The van der Waals surface area contributed by atoms with Crippen LogP contribution >= 0.6 is 11.8 Å². The van der Waals surface area contributed by atoms with Gasteiger partial charge in [0.2, 0.25) is 11.4 Å². The number of carbonyl (C=O) groups excluding carboxylic acids is 3. The van der Waals surface area contributed by atoms with Crippen molar-refractivity contribution in [1.29, 1.82) is 0 Å². The first kappa shape index (κ1) is 28.8. The van der Waals surface area contributed by atoms with Gasteiger partial charge >= 0.3 is 0 Å². The van der Waals surface area contributed by atoms with Crippen LogP contribution in [0.3, 0.4) is 0 Å². The minimum atomic E-state index is -1.86. The third kappa shape index (κ3) is 3.59. The van der Waals surface area contributed by atoms with E-state index in [4.69, 9.17) is 13.9 Å². The summed E-state index contributed by atoms with van der Waals surface area (Å²) >= 11 is 0.541. The number of allylic oxidation sites excluding steroid dienone is 4. The molecule has 1 unspecified atom stereocenters. The van der Waals surface area contributed by atoms with Gasteiger partial charge in [0.1, 0.15) is 17.6 Å². The van der Waals surface area contributed by atoms with Gasteiger partial charge in [-0.3, -0.25) is 14.4 Å². The van der Waals surface area contributed by atoms with Crippen molar-refractivity contribution >= 4 is 27.9 Å². The van der Waals surface area contributed by atoms with Crippen molar-refractivity contribution in [2.24, 2.45) is 28.6 Å². The molecule has 1 N–H and O–H groups in total. The molecule has 3 saturated carbocycles. The van der Waals surface area contributed by atoms with Crippen LogP contribution < -0.4 is 5.32 Å². The van der Waals surface area contributed by atoms with Gasteiger partial charge in [0.05, 0.1) is 6.10 Å². The number of carbonyl (C=O) groups is 3. The molecule has 6 rings (SSSR count). The van der Waals surface area contributed by atoms with E-state index >= 15 is 8.78 Å². The van der Waals surface area contributed by atoms with Gasteiger partial charge in [-0.05, 0) is 81.2 Å². The number of halogens is 2. The molecule has 0 bridgehead atoms. The number of nitrogens with one attached hydrogen (secondary N) is 1. The smallest absolute Gasteiger partial charge is 0.286 e. The van der Waals surface area contributed by atoms with Crippen LogP contribution in [0.1, 0.15) is 70.7 Å². The minimum absolute atomic E-state index is 0.0949. The van der Waals surface area contributed by atoms with E-state index in [1.807, 2.05) is 13.8 Å². The van der Waals surface area contributed by atoms with Crippen molar-refractivity contribution in [3.63, 3.8) is 0 Å². The average molecular weight is 590 g/mol. The highest BCUT2D eigenvalue weighted by Gasteiger charge is 2.81. The quantitative estimate of drug-likeness (QED) is 0.439. The molecular weight excluding hydrogens is 552 g/mol. The Hall–Kier alpha value is -2.30. The highest BCUT2D eigenvalue weighted by atomic mass is 32.2. The average Bonchev–Trinajstić information content (AvgIpc) is 3.62. The number of fused-ring (bicyclic) bond motifs is 7. The van der Waals surface area contributed by atoms with Crippen LogP contribution in [-0.4, -0.2) is 46.7 Å². The van der Waals surface area contributed by atoms with E-state index in [1.54, 1.807) is 32.1 Å². The van der Waals surface area contributed by atoms with Crippen LogP contribution in [0.25, 0.3) is 0 Å². The largest absolute Gasteiger partial charge is 0.461 e. The molecule has 41 heavy (non-hydrogen) atoms. The number of furan rings is 1. The van der Waals surface area contributed by atoms with Crippen molar-refractivity contribution in [1.82, 2.24) is 5.32 Å². The first-order chi connectivity index (χ1) is 19.4. The summed E-state index contributed by atoms with van der Waals surface area (Å²) in [5.41, 5.74) is -5.44. The number of amides is 1. The standard InChI is InChI=1S/C31H37F2NO6S/c1-6-17-15-29(7-2)19(20-13-22(32)21-12-18(35)10-11-28(21,4)30(17,20)33)14-24-31(29,26(36)41-27(37)34-5)40-25(39-24)23-9-8-16(3)38-23/h8-12,17,19-20,22,24-25H,6-7,13-15H2,1-5H3,(H,34,37)/t17-,19-,20-,22-,24+,25?,28-,29-,30+,31-/m0/s1. The summed E-state index contributed by atoms with van der Waals surface area (Å²) in [7, 11) is 1.45. The second kappa shape index (κ2) is 9.61. The number of aryl methyl sites for hydroxylation is 1. The van der Waals surface area contributed by atoms with Gasteiger partial charge in [-0.2, -0.15) is 0 Å². The van der Waals surface area contributed by atoms with Crippen molar-refractivity contribution in [2.75, 3.05) is 7.05 Å². The fourth-order valence-corrected chi connectivity index (χ4v) is 10.1. The number of hydrogen-bond donors (Lipinski definition) is 1. The summed E-state index contributed by atoms with van der Waals surface area (Å²) in [6, 6.07) is 3.52. The topological polar surface area (TPSA) is 94.8 Å². The van der Waals surface area contributed by atoms with Crippen molar-refractivity contribution in [2.45, 2.75) is 89.6 Å². The van der Waals surface area contributed by atoms with E-state index < -0.39 is 68.8 Å². The highest BCUT2D eigenvalue weighted by Crippen LogP contribution is 2.75. The van der Waals surface area contributed by atoms with Gasteiger partial charge < -0.3 is 19.2 Å². The van der Waals surface area contributed by atoms with E-state index in [-0.39, 0.29) is 24.2 Å². The predicted molar refractivity (Wildman–Crippen MR) is 148 cm³/mol. The second-order valence-electron chi connectivity index (χ2n) is 12.5. The van der Waals surface area contributed by atoms with Crippen LogP contribution in [0.5, 0.6) is 0 Å². The van der Waals surface area contributed by atoms with Gasteiger partial charge in [0, 0.05) is 35.6 Å². The molecule has 1 aliphatic heterocycles. The molecule has 222 valence electrons. The fourth-order valence-electron chi connectivity index (χ4n) is 9.31. The number of alkyl halides is 2. The molecule has 1 amide bonds. The van der Waals surface area contributed by atoms with E-state index in [0.29, 0.717) is 42.5 Å². The monoisotopic (exact) mass is 589 g/mol. The summed E-state index contributed by atoms with van der Waals surface area (Å²) in [5.74, 6) is -1.04. The summed E-state index contributed by atoms with van der Waals surface area (Å²) < 4.78 is 53.1. The maximum atomic E-state index is 18.1. The van der Waals surface area contributed by atoms with Gasteiger partial charge in [-0.25, -0.2) is 8.78 Å². The van der Waals surface area contributed by atoms with E-state index in [9.17, 15) is 14.4 Å². The Morgan fingerprint density at radius 3 is 2.59 bits per heavy atom. The second-order valence-corrected chi connectivity index (χ2v) is 13.4. The SMILES string of the molecule is CC[C@H]1C[C@@]2(CC)[C@@H](C[C@H]3OC(c4ccc(C)o4)O[C@]32C(=O)SC(=O)NC)[C@@H]2C[C@H](F)C3=CC(=O)C=C[C@]3(C)[C@@]12F. The van der Waals surface area contributed by atoms with Crippen LogP contribution in [0.15, 0.2) is 40.4 Å². The number of ether oxygens (including phenoxy) is 2. The van der Waals surface area contributed by atoms with Gasteiger partial charge in [-0.15, -0.1) is 0 Å². The lowest BCUT2D eigenvalue weighted by atomic mass is 9.41. The van der Waals surface area contributed by atoms with Gasteiger partial charge in [0.15, 0.2) is 17.1 Å². The maximum Gasteiger partial charge on any atom is 0.286 e. The van der Waals surface area contributed by atoms with Crippen LogP contribution in [-0.2, 0) is 19.1 Å². The van der Waals surface area contributed by atoms with Crippen molar-refractivity contribution in [3.8, 4) is 0 Å². The molecule has 2 heterocycles. The summed E-state index contributed by atoms with van der Waals surface area (Å²) in [4.78, 5) is 39.0. The van der Waals surface area contributed by atoms with Gasteiger partial charge in [0.25, 0.3) is 5.24 Å². The first-order valence-corrected chi connectivity index (χ1v) is 15.3. The molecule has 7 nitrogen and oxygen atoms in total. The zero-order valence-corrected chi connectivity index (χ0v) is 24.8. The van der Waals surface area contributed by atoms with Crippen LogP contribution in [0, 0.1) is 35.5 Å².